The minimum absolute atomic E-state index is 0.0530. The molecular weight excluding hydrogens is 162 g/mol. The number of aliphatic hydroxyl groups excluding tert-OH is 1. The zero-order chi connectivity index (χ0) is 9.56. The Labute approximate surface area is 70.5 Å². The van der Waals surface area contributed by atoms with Gasteiger partial charge in [0.15, 0.2) is 0 Å². The summed E-state index contributed by atoms with van der Waals surface area (Å²) in [4.78, 5) is 21.1. The maximum Gasteiger partial charge on any atom is 0.313 e. The van der Waals surface area contributed by atoms with E-state index in [4.69, 9.17) is 10.8 Å². The number of Topliss-reactive ketones (excluding diaryl/α,β-unsaturated/α-hetero) is 1. The standard InChI is InChI=1S/C7H13NO4/c1-5(10)2-7(11)12-4-6(8)3-9/h6,9H,2-4,8H2,1H3. The molecule has 0 rings (SSSR count). The normalized spacial score (nSPS) is 12.2. The number of ketones is 1. The van der Waals surface area contributed by atoms with Crippen LogP contribution in [0.15, 0.2) is 0 Å². The highest BCUT2D eigenvalue weighted by molar-refractivity contribution is 5.94. The second-order valence-corrected chi connectivity index (χ2v) is 2.50. The predicted octanol–water partition coefficient (Wildman–Crippen LogP) is -1.17. The summed E-state index contributed by atoms with van der Waals surface area (Å²) < 4.78 is 4.56. The van der Waals surface area contributed by atoms with Crippen molar-refractivity contribution in [2.24, 2.45) is 5.73 Å². The van der Waals surface area contributed by atoms with Crippen LogP contribution in [-0.2, 0) is 14.3 Å². The maximum atomic E-state index is 10.7. The Kier molecular flexibility index (Phi) is 5.23. The van der Waals surface area contributed by atoms with Gasteiger partial charge in [-0.15, -0.1) is 0 Å². The first-order valence-corrected chi connectivity index (χ1v) is 3.57. The molecule has 0 fully saturated rings. The van der Waals surface area contributed by atoms with Crippen LogP contribution < -0.4 is 5.73 Å². The topological polar surface area (TPSA) is 89.6 Å². The van der Waals surface area contributed by atoms with Gasteiger partial charge in [0, 0.05) is 0 Å². The molecule has 0 aliphatic heterocycles. The molecule has 0 aliphatic carbocycles. The number of rotatable bonds is 5. The molecule has 3 N–H and O–H groups in total. The highest BCUT2D eigenvalue weighted by Crippen LogP contribution is 1.89. The maximum absolute atomic E-state index is 10.7. The van der Waals surface area contributed by atoms with E-state index in [1.807, 2.05) is 0 Å². The Hall–Kier alpha value is -0.940. The van der Waals surface area contributed by atoms with Gasteiger partial charge in [-0.05, 0) is 6.92 Å². The van der Waals surface area contributed by atoms with Crippen molar-refractivity contribution < 1.29 is 19.4 Å². The van der Waals surface area contributed by atoms with Gasteiger partial charge >= 0.3 is 5.97 Å². The Bertz CT molecular complexity index is 169. The van der Waals surface area contributed by atoms with E-state index < -0.39 is 12.0 Å². The van der Waals surface area contributed by atoms with E-state index in [1.54, 1.807) is 0 Å². The summed E-state index contributed by atoms with van der Waals surface area (Å²) in [7, 11) is 0. The van der Waals surface area contributed by atoms with Crippen LogP contribution in [0.4, 0.5) is 0 Å². The summed E-state index contributed by atoms with van der Waals surface area (Å²) in [5, 5.41) is 8.45. The minimum Gasteiger partial charge on any atom is -0.464 e. The van der Waals surface area contributed by atoms with Crippen LogP contribution >= 0.6 is 0 Å². The summed E-state index contributed by atoms with van der Waals surface area (Å²) in [5.41, 5.74) is 5.24. The van der Waals surface area contributed by atoms with Crippen molar-refractivity contribution in [1.82, 2.24) is 0 Å². The smallest absolute Gasteiger partial charge is 0.313 e. The number of hydrogen-bond donors (Lipinski definition) is 2. The molecule has 12 heavy (non-hydrogen) atoms. The first-order chi connectivity index (χ1) is 5.56. The van der Waals surface area contributed by atoms with Gasteiger partial charge in [0.1, 0.15) is 18.8 Å². The first-order valence-electron chi connectivity index (χ1n) is 3.57. The van der Waals surface area contributed by atoms with Crippen LogP contribution in [-0.4, -0.2) is 36.1 Å². The average molecular weight is 175 g/mol. The molecule has 0 saturated heterocycles. The lowest BCUT2D eigenvalue weighted by Gasteiger charge is -2.07. The van der Waals surface area contributed by atoms with Crippen LogP contribution in [0.5, 0.6) is 0 Å². The lowest BCUT2D eigenvalue weighted by molar-refractivity contribution is -0.146. The Balaban J connectivity index is 3.50. The number of aliphatic hydroxyl groups is 1. The number of ether oxygens (including phenoxy) is 1. The quantitative estimate of drug-likeness (QED) is 0.406. The fourth-order valence-electron chi connectivity index (χ4n) is 0.507. The Morgan fingerprint density at radius 1 is 1.58 bits per heavy atom. The second kappa shape index (κ2) is 5.68. The molecule has 5 nitrogen and oxygen atoms in total. The van der Waals surface area contributed by atoms with Crippen molar-refractivity contribution in [2.75, 3.05) is 13.2 Å². The van der Waals surface area contributed by atoms with Crippen molar-refractivity contribution in [1.29, 1.82) is 0 Å². The zero-order valence-corrected chi connectivity index (χ0v) is 6.95. The predicted molar refractivity (Wildman–Crippen MR) is 41.3 cm³/mol. The van der Waals surface area contributed by atoms with Crippen molar-refractivity contribution in [3.63, 3.8) is 0 Å². The number of carbonyl (C=O) groups excluding carboxylic acids is 2. The van der Waals surface area contributed by atoms with Crippen molar-refractivity contribution in [3.05, 3.63) is 0 Å². The van der Waals surface area contributed by atoms with Crippen molar-refractivity contribution in [2.45, 2.75) is 19.4 Å². The first kappa shape index (κ1) is 11.1. The summed E-state index contributed by atoms with van der Waals surface area (Å²) in [6.07, 6.45) is -0.238. The molecule has 70 valence electrons. The molecule has 0 aliphatic rings. The van der Waals surface area contributed by atoms with Crippen LogP contribution in [0.3, 0.4) is 0 Å². The van der Waals surface area contributed by atoms with E-state index in [-0.39, 0.29) is 25.4 Å². The highest BCUT2D eigenvalue weighted by atomic mass is 16.5. The third-order valence-electron chi connectivity index (χ3n) is 1.09. The largest absolute Gasteiger partial charge is 0.464 e. The van der Waals surface area contributed by atoms with Gasteiger partial charge in [-0.2, -0.15) is 0 Å². The lowest BCUT2D eigenvalue weighted by Crippen LogP contribution is -2.31. The second-order valence-electron chi connectivity index (χ2n) is 2.50. The average Bonchev–Trinajstić information content (AvgIpc) is 1.99. The van der Waals surface area contributed by atoms with Gasteiger partial charge in [0.25, 0.3) is 0 Å². The Morgan fingerprint density at radius 3 is 2.58 bits per heavy atom. The molecule has 0 heterocycles. The molecule has 0 bridgehead atoms. The number of nitrogens with two attached hydrogens (primary N) is 1. The molecule has 1 unspecified atom stereocenters. The van der Waals surface area contributed by atoms with E-state index >= 15 is 0 Å². The third-order valence-corrected chi connectivity index (χ3v) is 1.09. The van der Waals surface area contributed by atoms with Crippen LogP contribution in [0.25, 0.3) is 0 Å². The van der Waals surface area contributed by atoms with Crippen LogP contribution in [0, 0.1) is 0 Å². The molecule has 1 atom stereocenters. The van der Waals surface area contributed by atoms with E-state index in [2.05, 4.69) is 4.74 Å². The van der Waals surface area contributed by atoms with Crippen molar-refractivity contribution >= 4 is 11.8 Å². The van der Waals surface area contributed by atoms with Crippen LogP contribution in [0.2, 0.25) is 0 Å². The Morgan fingerprint density at radius 2 is 2.17 bits per heavy atom. The van der Waals surface area contributed by atoms with Gasteiger partial charge in [-0.3, -0.25) is 9.59 Å². The monoisotopic (exact) mass is 175 g/mol. The molecule has 0 radical (unpaired) electrons. The minimum atomic E-state index is -0.605. The van der Waals surface area contributed by atoms with Crippen LogP contribution in [0.1, 0.15) is 13.3 Å². The molecule has 0 spiro atoms. The molecule has 0 aromatic heterocycles. The summed E-state index contributed by atoms with van der Waals surface area (Å²) in [6.45, 7) is 1.00. The van der Waals surface area contributed by atoms with E-state index in [0.29, 0.717) is 0 Å². The molecule has 0 aromatic rings. The van der Waals surface area contributed by atoms with Gasteiger partial charge in [-0.1, -0.05) is 0 Å². The number of hydrogen-bond acceptors (Lipinski definition) is 5. The summed E-state index contributed by atoms with van der Waals surface area (Å²) in [5.74, 6) is -0.857. The number of carbonyl (C=O) groups is 2. The third kappa shape index (κ3) is 5.82. The summed E-state index contributed by atoms with van der Waals surface area (Å²) >= 11 is 0. The molecule has 0 aromatic carbocycles. The molecule has 5 heteroatoms. The van der Waals surface area contributed by atoms with Gasteiger partial charge < -0.3 is 15.6 Å². The molecular formula is C7H13NO4. The number of esters is 1. The zero-order valence-electron chi connectivity index (χ0n) is 6.95. The van der Waals surface area contributed by atoms with E-state index in [0.717, 1.165) is 0 Å². The highest BCUT2D eigenvalue weighted by Gasteiger charge is 2.08. The van der Waals surface area contributed by atoms with E-state index in [1.165, 1.54) is 6.92 Å². The van der Waals surface area contributed by atoms with Gasteiger partial charge in [-0.25, -0.2) is 0 Å². The SMILES string of the molecule is CC(=O)CC(=O)OCC(N)CO. The molecule has 0 amide bonds. The fourth-order valence-corrected chi connectivity index (χ4v) is 0.507. The molecule has 0 saturated carbocycles. The lowest BCUT2D eigenvalue weighted by atomic mass is 10.3. The summed E-state index contributed by atoms with van der Waals surface area (Å²) in [6, 6.07) is -0.569. The van der Waals surface area contributed by atoms with Gasteiger partial charge in [0.2, 0.25) is 0 Å². The van der Waals surface area contributed by atoms with Crippen molar-refractivity contribution in [3.8, 4) is 0 Å². The van der Waals surface area contributed by atoms with E-state index in [9.17, 15) is 9.59 Å². The van der Waals surface area contributed by atoms with Gasteiger partial charge in [0.05, 0.1) is 12.6 Å². The fraction of sp³-hybridized carbons (Fsp3) is 0.714.